The van der Waals surface area contributed by atoms with Crippen molar-refractivity contribution in [1.29, 1.82) is 0 Å². The molecule has 0 amide bonds. The van der Waals surface area contributed by atoms with Crippen LogP contribution in [0.2, 0.25) is 0 Å². The lowest BCUT2D eigenvalue weighted by molar-refractivity contribution is 0.187. The van der Waals surface area contributed by atoms with Gasteiger partial charge in [0, 0.05) is 24.6 Å². The molecule has 1 fully saturated rings. The molecule has 0 aliphatic carbocycles. The number of nitrogens with zero attached hydrogens (tertiary/aromatic N) is 2. The van der Waals surface area contributed by atoms with Gasteiger partial charge in [-0.3, -0.25) is 0 Å². The zero-order chi connectivity index (χ0) is 13.0. The molecule has 6 heteroatoms. The van der Waals surface area contributed by atoms with E-state index in [2.05, 4.69) is 41.6 Å². The van der Waals surface area contributed by atoms with Crippen LogP contribution in [0.15, 0.2) is 4.42 Å². The molecule has 0 saturated carbocycles. The van der Waals surface area contributed by atoms with Gasteiger partial charge in [0.25, 0.3) is 0 Å². The Balaban J connectivity index is 1.75. The normalized spacial score (nSPS) is 20.3. The fourth-order valence-corrected chi connectivity index (χ4v) is 1.71. The van der Waals surface area contributed by atoms with E-state index in [0.29, 0.717) is 24.4 Å². The molecule has 1 atom stereocenters. The molecule has 0 radical (unpaired) electrons. The first-order valence-electron chi connectivity index (χ1n) is 6.42. The monoisotopic (exact) mass is 254 g/mol. The van der Waals surface area contributed by atoms with Crippen molar-refractivity contribution in [2.24, 2.45) is 5.92 Å². The Bertz CT molecular complexity index is 366. The van der Waals surface area contributed by atoms with Crippen LogP contribution in [0.4, 0.5) is 6.01 Å². The highest BCUT2D eigenvalue weighted by molar-refractivity contribution is 5.17. The average molecular weight is 254 g/mol. The van der Waals surface area contributed by atoms with Crippen molar-refractivity contribution in [3.05, 3.63) is 5.89 Å². The standard InChI is InChI=1S/C12H22N4O2/c1-12(2,3)14-7-10-15-16-11(18-10)13-6-9-4-5-17-8-9/h9,14H,4-8H2,1-3H3,(H,13,16). The maximum atomic E-state index is 5.50. The number of ether oxygens (including phenoxy) is 1. The van der Waals surface area contributed by atoms with Gasteiger partial charge in [-0.05, 0) is 27.2 Å². The minimum absolute atomic E-state index is 0.0449. The molecule has 1 aromatic heterocycles. The maximum absolute atomic E-state index is 5.50. The highest BCUT2D eigenvalue weighted by Gasteiger charge is 2.17. The smallest absolute Gasteiger partial charge is 0.315 e. The second-order valence-corrected chi connectivity index (χ2v) is 5.72. The molecule has 6 nitrogen and oxygen atoms in total. The molecule has 2 heterocycles. The molecule has 1 aliphatic heterocycles. The van der Waals surface area contributed by atoms with Gasteiger partial charge in [0.1, 0.15) is 0 Å². The van der Waals surface area contributed by atoms with Crippen LogP contribution in [-0.4, -0.2) is 35.5 Å². The number of nitrogens with one attached hydrogen (secondary N) is 2. The van der Waals surface area contributed by atoms with Gasteiger partial charge < -0.3 is 19.8 Å². The third kappa shape index (κ3) is 4.27. The predicted octanol–water partition coefficient (Wildman–Crippen LogP) is 1.41. The summed E-state index contributed by atoms with van der Waals surface area (Å²) >= 11 is 0. The molecule has 1 aliphatic rings. The minimum Gasteiger partial charge on any atom is -0.407 e. The van der Waals surface area contributed by atoms with Crippen LogP contribution in [0.25, 0.3) is 0 Å². The van der Waals surface area contributed by atoms with E-state index in [1.165, 1.54) is 0 Å². The molecule has 1 saturated heterocycles. The van der Waals surface area contributed by atoms with Crippen LogP contribution in [-0.2, 0) is 11.3 Å². The summed E-state index contributed by atoms with van der Waals surface area (Å²) in [4.78, 5) is 0. The van der Waals surface area contributed by atoms with Gasteiger partial charge in [-0.2, -0.15) is 0 Å². The van der Waals surface area contributed by atoms with Crippen molar-refractivity contribution < 1.29 is 9.15 Å². The first-order valence-corrected chi connectivity index (χ1v) is 6.42. The van der Waals surface area contributed by atoms with Crippen molar-refractivity contribution >= 4 is 6.01 Å². The van der Waals surface area contributed by atoms with Gasteiger partial charge >= 0.3 is 6.01 Å². The predicted molar refractivity (Wildman–Crippen MR) is 68.3 cm³/mol. The summed E-state index contributed by atoms with van der Waals surface area (Å²) in [5.41, 5.74) is 0.0449. The van der Waals surface area contributed by atoms with Crippen LogP contribution in [0.5, 0.6) is 0 Å². The van der Waals surface area contributed by atoms with Crippen molar-refractivity contribution in [2.75, 3.05) is 25.1 Å². The van der Waals surface area contributed by atoms with E-state index < -0.39 is 0 Å². The van der Waals surface area contributed by atoms with Crippen molar-refractivity contribution in [1.82, 2.24) is 15.5 Å². The largest absolute Gasteiger partial charge is 0.407 e. The fraction of sp³-hybridized carbons (Fsp3) is 0.833. The van der Waals surface area contributed by atoms with Crippen molar-refractivity contribution in [3.8, 4) is 0 Å². The summed E-state index contributed by atoms with van der Waals surface area (Å²) in [6.07, 6.45) is 1.10. The van der Waals surface area contributed by atoms with E-state index in [4.69, 9.17) is 9.15 Å². The minimum atomic E-state index is 0.0449. The highest BCUT2D eigenvalue weighted by atomic mass is 16.5. The third-order valence-electron chi connectivity index (χ3n) is 2.80. The second kappa shape index (κ2) is 5.67. The molecule has 2 N–H and O–H groups in total. The van der Waals surface area contributed by atoms with E-state index in [0.717, 1.165) is 26.2 Å². The molecule has 18 heavy (non-hydrogen) atoms. The van der Waals surface area contributed by atoms with Gasteiger partial charge in [0.05, 0.1) is 13.2 Å². The first kappa shape index (κ1) is 13.3. The first-order chi connectivity index (χ1) is 8.53. The molecule has 0 bridgehead atoms. The van der Waals surface area contributed by atoms with E-state index >= 15 is 0 Å². The number of aromatic nitrogens is 2. The third-order valence-corrected chi connectivity index (χ3v) is 2.80. The quantitative estimate of drug-likeness (QED) is 0.827. The lowest BCUT2D eigenvalue weighted by Crippen LogP contribution is -2.35. The Morgan fingerprint density at radius 3 is 2.83 bits per heavy atom. The number of hydrogen-bond acceptors (Lipinski definition) is 6. The molecule has 1 unspecified atom stereocenters. The number of rotatable bonds is 5. The molecule has 1 aromatic rings. The van der Waals surface area contributed by atoms with E-state index in [9.17, 15) is 0 Å². The molecule has 2 rings (SSSR count). The summed E-state index contributed by atoms with van der Waals surface area (Å²) in [6, 6.07) is 0.493. The van der Waals surface area contributed by atoms with Crippen LogP contribution >= 0.6 is 0 Å². The van der Waals surface area contributed by atoms with Gasteiger partial charge in [0.15, 0.2) is 0 Å². The molecule has 102 valence electrons. The Morgan fingerprint density at radius 2 is 2.17 bits per heavy atom. The van der Waals surface area contributed by atoms with E-state index in [1.807, 2.05) is 0 Å². The van der Waals surface area contributed by atoms with Gasteiger partial charge in [-0.1, -0.05) is 5.10 Å². The zero-order valence-electron chi connectivity index (χ0n) is 11.3. The number of anilines is 1. The lowest BCUT2D eigenvalue weighted by atomic mass is 10.1. The lowest BCUT2D eigenvalue weighted by Gasteiger charge is -2.18. The maximum Gasteiger partial charge on any atom is 0.315 e. The molecule has 0 spiro atoms. The summed E-state index contributed by atoms with van der Waals surface area (Å²) in [7, 11) is 0. The summed E-state index contributed by atoms with van der Waals surface area (Å²) in [6.45, 7) is 9.39. The van der Waals surface area contributed by atoms with Crippen LogP contribution in [0.3, 0.4) is 0 Å². The van der Waals surface area contributed by atoms with Gasteiger partial charge in [-0.25, -0.2) is 0 Å². The molecule has 0 aromatic carbocycles. The Kier molecular flexibility index (Phi) is 4.19. The summed E-state index contributed by atoms with van der Waals surface area (Å²) in [5, 5.41) is 14.4. The fourth-order valence-electron chi connectivity index (χ4n) is 1.71. The Hall–Kier alpha value is -1.14. The van der Waals surface area contributed by atoms with Gasteiger partial charge in [0.2, 0.25) is 5.89 Å². The highest BCUT2D eigenvalue weighted by Crippen LogP contribution is 2.14. The van der Waals surface area contributed by atoms with E-state index in [-0.39, 0.29) is 5.54 Å². The van der Waals surface area contributed by atoms with Crippen LogP contribution < -0.4 is 10.6 Å². The van der Waals surface area contributed by atoms with Crippen LogP contribution in [0, 0.1) is 5.92 Å². The molecular weight excluding hydrogens is 232 g/mol. The average Bonchev–Trinajstić information content (AvgIpc) is 2.94. The zero-order valence-corrected chi connectivity index (χ0v) is 11.3. The SMILES string of the molecule is CC(C)(C)NCc1nnc(NCC2CCOC2)o1. The topological polar surface area (TPSA) is 72.2 Å². The molecular formula is C12H22N4O2. The summed E-state index contributed by atoms with van der Waals surface area (Å²) in [5.74, 6) is 1.16. The van der Waals surface area contributed by atoms with E-state index in [1.54, 1.807) is 0 Å². The Labute approximate surface area is 107 Å². The van der Waals surface area contributed by atoms with Gasteiger partial charge in [-0.15, -0.1) is 5.10 Å². The summed E-state index contributed by atoms with van der Waals surface area (Å²) < 4.78 is 10.8. The number of hydrogen-bond donors (Lipinski definition) is 2. The Morgan fingerprint density at radius 1 is 1.33 bits per heavy atom. The second-order valence-electron chi connectivity index (χ2n) is 5.72. The van der Waals surface area contributed by atoms with Crippen LogP contribution in [0.1, 0.15) is 33.1 Å². The van der Waals surface area contributed by atoms with Crippen molar-refractivity contribution in [3.63, 3.8) is 0 Å². The van der Waals surface area contributed by atoms with Crippen molar-refractivity contribution in [2.45, 2.75) is 39.3 Å².